The van der Waals surface area contributed by atoms with Crippen LogP contribution in [0.2, 0.25) is 0 Å². The smallest absolute Gasteiger partial charge is 0.211 e. The summed E-state index contributed by atoms with van der Waals surface area (Å²) in [5, 5.41) is 6.67. The first-order valence-electron chi connectivity index (χ1n) is 7.93. The first kappa shape index (κ1) is 15.5. The molecular weight excluding hydrogens is 328 g/mol. The fraction of sp³-hybridized carbons (Fsp3) is 0.235. The van der Waals surface area contributed by atoms with Crippen LogP contribution in [-0.4, -0.2) is 27.6 Å². The molecule has 2 aromatic heterocycles. The van der Waals surface area contributed by atoms with Gasteiger partial charge in [-0.25, -0.2) is 18.3 Å². The van der Waals surface area contributed by atoms with Gasteiger partial charge in [0.2, 0.25) is 6.41 Å². The average Bonchev–Trinajstić information content (AvgIpc) is 3.24. The van der Waals surface area contributed by atoms with Crippen molar-refractivity contribution in [3.05, 3.63) is 53.9 Å². The minimum Gasteiger partial charge on any atom is -0.349 e. The molecular formula is C17H15F2N5O. The largest absolute Gasteiger partial charge is 0.349 e. The molecule has 0 aliphatic carbocycles. The third-order valence-electron chi connectivity index (χ3n) is 4.43. The number of halogens is 2. The molecule has 4 rings (SSSR count). The average molecular weight is 343 g/mol. The molecule has 0 radical (unpaired) electrons. The van der Waals surface area contributed by atoms with E-state index >= 15 is 0 Å². The van der Waals surface area contributed by atoms with Gasteiger partial charge >= 0.3 is 0 Å². The van der Waals surface area contributed by atoms with E-state index in [1.54, 1.807) is 16.8 Å². The number of amides is 1. The molecule has 1 saturated heterocycles. The number of hydrogen-bond donors (Lipinski definition) is 1. The number of fused-ring (bicyclic) bond motifs is 1. The Morgan fingerprint density at radius 1 is 1.28 bits per heavy atom. The van der Waals surface area contributed by atoms with Crippen molar-refractivity contribution in [2.45, 2.75) is 18.9 Å². The van der Waals surface area contributed by atoms with Gasteiger partial charge in [0.1, 0.15) is 23.1 Å². The summed E-state index contributed by atoms with van der Waals surface area (Å²) in [7, 11) is 0. The summed E-state index contributed by atoms with van der Waals surface area (Å²) in [6.07, 6.45) is 5.36. The molecule has 3 heterocycles. The lowest BCUT2D eigenvalue weighted by molar-refractivity contribution is -0.105. The van der Waals surface area contributed by atoms with E-state index in [4.69, 9.17) is 0 Å². The van der Waals surface area contributed by atoms with E-state index in [0.29, 0.717) is 42.1 Å². The monoisotopic (exact) mass is 343 g/mol. The van der Waals surface area contributed by atoms with Gasteiger partial charge in [0.05, 0.1) is 12.2 Å². The number of anilines is 2. The Balaban J connectivity index is 1.75. The number of aromatic nitrogens is 3. The summed E-state index contributed by atoms with van der Waals surface area (Å²) >= 11 is 0. The van der Waals surface area contributed by atoms with Crippen LogP contribution in [0.4, 0.5) is 20.3 Å². The molecule has 3 aromatic rings. The molecule has 0 bridgehead atoms. The maximum Gasteiger partial charge on any atom is 0.211 e. The predicted molar refractivity (Wildman–Crippen MR) is 88.4 cm³/mol. The highest BCUT2D eigenvalue weighted by molar-refractivity contribution is 5.80. The zero-order valence-electron chi connectivity index (χ0n) is 13.2. The number of rotatable bonds is 4. The van der Waals surface area contributed by atoms with Crippen LogP contribution >= 0.6 is 0 Å². The molecule has 8 heteroatoms. The Bertz CT molecular complexity index is 942. The first-order chi connectivity index (χ1) is 12.2. The molecule has 1 aliphatic rings. The third-order valence-corrected chi connectivity index (χ3v) is 4.43. The predicted octanol–water partition coefficient (Wildman–Crippen LogP) is 2.92. The van der Waals surface area contributed by atoms with Crippen molar-refractivity contribution in [2.75, 3.05) is 16.8 Å². The molecule has 0 unspecified atom stereocenters. The van der Waals surface area contributed by atoms with Gasteiger partial charge in [-0.1, -0.05) is 0 Å². The van der Waals surface area contributed by atoms with Crippen LogP contribution in [0.25, 0.3) is 5.65 Å². The van der Waals surface area contributed by atoms with E-state index < -0.39 is 11.6 Å². The topological polar surface area (TPSA) is 62.5 Å². The second-order valence-corrected chi connectivity index (χ2v) is 5.89. The van der Waals surface area contributed by atoms with Crippen molar-refractivity contribution in [2.24, 2.45) is 0 Å². The first-order valence-corrected chi connectivity index (χ1v) is 7.93. The molecule has 1 atom stereocenters. The van der Waals surface area contributed by atoms with Crippen molar-refractivity contribution in [3.63, 3.8) is 0 Å². The minimum absolute atomic E-state index is 0.281. The van der Waals surface area contributed by atoms with Crippen molar-refractivity contribution in [1.82, 2.24) is 14.6 Å². The van der Waals surface area contributed by atoms with Crippen LogP contribution in [-0.2, 0) is 4.79 Å². The minimum atomic E-state index is -0.458. The number of benzene rings is 1. The summed E-state index contributed by atoms with van der Waals surface area (Å²) in [4.78, 5) is 17.2. The second-order valence-electron chi connectivity index (χ2n) is 5.89. The number of hydrogen-bond acceptors (Lipinski definition) is 4. The standard InChI is InChI=1S/C17H15F2N5O/c18-11-3-4-13(19)12(8-11)15-2-1-6-23(15)16-5-7-24-17(22-16)14(9-21-24)20-10-25/h3-5,7-10,15H,1-2,6H2,(H,20,25)/t15-/m1/s1. The molecule has 1 fully saturated rings. The van der Waals surface area contributed by atoms with Crippen molar-refractivity contribution < 1.29 is 13.6 Å². The van der Waals surface area contributed by atoms with E-state index in [2.05, 4.69) is 15.4 Å². The molecule has 1 N–H and O–H groups in total. The number of nitrogens with one attached hydrogen (secondary N) is 1. The van der Waals surface area contributed by atoms with Gasteiger partial charge in [-0.05, 0) is 37.1 Å². The maximum atomic E-state index is 14.2. The highest BCUT2D eigenvalue weighted by Gasteiger charge is 2.30. The number of carbonyl (C=O) groups excluding carboxylic acids is 1. The maximum absolute atomic E-state index is 14.2. The Morgan fingerprint density at radius 2 is 2.16 bits per heavy atom. The fourth-order valence-electron chi connectivity index (χ4n) is 3.32. The zero-order chi connectivity index (χ0) is 17.4. The van der Waals surface area contributed by atoms with Crippen molar-refractivity contribution >= 4 is 23.6 Å². The van der Waals surface area contributed by atoms with E-state index in [1.165, 1.54) is 12.3 Å². The SMILES string of the molecule is O=CNc1cnn2ccc(N3CCC[C@@H]3c3cc(F)ccc3F)nc12. The summed E-state index contributed by atoms with van der Waals surface area (Å²) in [5.41, 5.74) is 1.32. The van der Waals surface area contributed by atoms with Crippen LogP contribution in [0.3, 0.4) is 0 Å². The Hall–Kier alpha value is -3.03. The van der Waals surface area contributed by atoms with Gasteiger partial charge in [-0.3, -0.25) is 4.79 Å². The number of nitrogens with zero attached hydrogens (tertiary/aromatic N) is 4. The summed E-state index contributed by atoms with van der Waals surface area (Å²) in [5.74, 6) is -0.250. The number of carbonyl (C=O) groups is 1. The highest BCUT2D eigenvalue weighted by Crippen LogP contribution is 2.37. The lowest BCUT2D eigenvalue weighted by Gasteiger charge is -2.26. The van der Waals surface area contributed by atoms with Crippen LogP contribution < -0.4 is 10.2 Å². The Labute approximate surface area is 142 Å². The molecule has 6 nitrogen and oxygen atoms in total. The summed E-state index contributed by atoms with van der Waals surface area (Å²) in [6.45, 7) is 0.689. The van der Waals surface area contributed by atoms with Gasteiger partial charge in [-0.15, -0.1) is 0 Å². The summed E-state index contributed by atoms with van der Waals surface area (Å²) in [6, 6.07) is 5.01. The molecule has 0 spiro atoms. The van der Waals surface area contributed by atoms with Crippen LogP contribution in [0.1, 0.15) is 24.4 Å². The van der Waals surface area contributed by atoms with E-state index in [9.17, 15) is 13.6 Å². The van der Waals surface area contributed by atoms with Gasteiger partial charge in [0.25, 0.3) is 0 Å². The molecule has 1 aliphatic heterocycles. The van der Waals surface area contributed by atoms with Crippen molar-refractivity contribution in [3.8, 4) is 0 Å². The molecule has 128 valence electrons. The van der Waals surface area contributed by atoms with E-state index in [0.717, 1.165) is 18.6 Å². The lowest BCUT2D eigenvalue weighted by Crippen LogP contribution is -2.24. The molecule has 1 aromatic carbocycles. The second kappa shape index (κ2) is 6.12. The van der Waals surface area contributed by atoms with E-state index in [-0.39, 0.29) is 6.04 Å². The van der Waals surface area contributed by atoms with Crippen LogP contribution in [0.5, 0.6) is 0 Å². The third kappa shape index (κ3) is 2.69. The van der Waals surface area contributed by atoms with Gasteiger partial charge in [0.15, 0.2) is 5.65 Å². The molecule has 25 heavy (non-hydrogen) atoms. The van der Waals surface area contributed by atoms with Crippen molar-refractivity contribution in [1.29, 1.82) is 0 Å². The normalized spacial score (nSPS) is 17.2. The zero-order valence-corrected chi connectivity index (χ0v) is 13.2. The van der Waals surface area contributed by atoms with Gasteiger partial charge < -0.3 is 10.2 Å². The van der Waals surface area contributed by atoms with Crippen LogP contribution in [0.15, 0.2) is 36.7 Å². The molecule has 1 amide bonds. The van der Waals surface area contributed by atoms with Gasteiger partial charge in [-0.2, -0.15) is 5.10 Å². The van der Waals surface area contributed by atoms with Gasteiger partial charge in [0, 0.05) is 18.3 Å². The molecule has 0 saturated carbocycles. The fourth-order valence-corrected chi connectivity index (χ4v) is 3.32. The summed E-state index contributed by atoms with van der Waals surface area (Å²) < 4.78 is 29.3. The van der Waals surface area contributed by atoms with Crippen LogP contribution in [0, 0.1) is 11.6 Å². The Kier molecular flexibility index (Phi) is 3.79. The lowest BCUT2D eigenvalue weighted by atomic mass is 10.0. The highest BCUT2D eigenvalue weighted by atomic mass is 19.1. The quantitative estimate of drug-likeness (QED) is 0.740. The Morgan fingerprint density at radius 3 is 3.00 bits per heavy atom. The van der Waals surface area contributed by atoms with E-state index in [1.807, 2.05) is 4.90 Å².